The Kier molecular flexibility index (Phi) is 3.75. The maximum atomic E-state index is 12.5. The largest absolute Gasteiger partial charge is 0.337 e. The molecule has 21 heavy (non-hydrogen) atoms. The summed E-state index contributed by atoms with van der Waals surface area (Å²) < 4.78 is 22.9. The van der Waals surface area contributed by atoms with Gasteiger partial charge in [0.15, 0.2) is 9.84 Å². The maximum Gasteiger partial charge on any atom is 0.253 e. The van der Waals surface area contributed by atoms with Crippen LogP contribution in [0.15, 0.2) is 29.2 Å². The van der Waals surface area contributed by atoms with Gasteiger partial charge in [-0.3, -0.25) is 4.79 Å². The first-order valence-corrected chi connectivity index (χ1v) is 9.17. The van der Waals surface area contributed by atoms with Crippen molar-refractivity contribution in [1.82, 2.24) is 10.2 Å². The Morgan fingerprint density at radius 3 is 2.57 bits per heavy atom. The fourth-order valence-electron chi connectivity index (χ4n) is 3.24. The SMILES string of the molecule is CS(=O)(=O)c1ccc(C(=O)N2C[C@@H]3CCCN[C@@H]3C2)cc1. The number of amides is 1. The van der Waals surface area contributed by atoms with E-state index in [9.17, 15) is 13.2 Å². The van der Waals surface area contributed by atoms with Gasteiger partial charge < -0.3 is 10.2 Å². The molecule has 2 heterocycles. The summed E-state index contributed by atoms with van der Waals surface area (Å²) >= 11 is 0. The van der Waals surface area contributed by atoms with Crippen LogP contribution in [0.1, 0.15) is 23.2 Å². The Bertz CT molecular complexity index is 625. The Labute approximate surface area is 125 Å². The third-order valence-electron chi connectivity index (χ3n) is 4.42. The molecule has 2 aliphatic rings. The third-order valence-corrected chi connectivity index (χ3v) is 5.54. The van der Waals surface area contributed by atoms with Crippen molar-refractivity contribution in [3.63, 3.8) is 0 Å². The van der Waals surface area contributed by atoms with Crippen molar-refractivity contribution in [2.75, 3.05) is 25.9 Å². The van der Waals surface area contributed by atoms with Gasteiger partial charge in [-0.2, -0.15) is 0 Å². The van der Waals surface area contributed by atoms with Crippen molar-refractivity contribution < 1.29 is 13.2 Å². The third kappa shape index (κ3) is 2.96. The molecule has 0 unspecified atom stereocenters. The van der Waals surface area contributed by atoms with Gasteiger partial charge >= 0.3 is 0 Å². The van der Waals surface area contributed by atoms with Crippen LogP contribution in [0.4, 0.5) is 0 Å². The standard InChI is InChI=1S/C15H20N2O3S/c1-21(19,20)13-6-4-11(5-7-13)15(18)17-9-12-3-2-8-16-14(12)10-17/h4-7,12,14,16H,2-3,8-10H2,1H3/t12-,14+/m0/s1. The lowest BCUT2D eigenvalue weighted by atomic mass is 9.94. The average Bonchev–Trinajstić information content (AvgIpc) is 2.89. The zero-order valence-corrected chi connectivity index (χ0v) is 12.9. The minimum atomic E-state index is -3.22. The quantitative estimate of drug-likeness (QED) is 0.882. The Morgan fingerprint density at radius 2 is 1.95 bits per heavy atom. The lowest BCUT2D eigenvalue weighted by Gasteiger charge is -2.24. The second-order valence-corrected chi connectivity index (χ2v) is 7.99. The van der Waals surface area contributed by atoms with Gasteiger partial charge in [0.2, 0.25) is 0 Å². The van der Waals surface area contributed by atoms with Crippen LogP contribution in [0.2, 0.25) is 0 Å². The highest BCUT2D eigenvalue weighted by molar-refractivity contribution is 7.90. The molecule has 2 saturated heterocycles. The molecule has 0 aliphatic carbocycles. The lowest BCUT2D eigenvalue weighted by molar-refractivity contribution is 0.0785. The fraction of sp³-hybridized carbons (Fsp3) is 0.533. The van der Waals surface area contributed by atoms with Crippen molar-refractivity contribution in [1.29, 1.82) is 0 Å². The average molecular weight is 308 g/mol. The number of fused-ring (bicyclic) bond motifs is 1. The smallest absolute Gasteiger partial charge is 0.253 e. The maximum absolute atomic E-state index is 12.5. The molecule has 2 atom stereocenters. The van der Waals surface area contributed by atoms with E-state index in [0.717, 1.165) is 19.6 Å². The van der Waals surface area contributed by atoms with Crippen LogP contribution >= 0.6 is 0 Å². The number of nitrogens with zero attached hydrogens (tertiary/aromatic N) is 1. The molecule has 2 fully saturated rings. The van der Waals surface area contributed by atoms with E-state index in [1.165, 1.54) is 31.2 Å². The zero-order chi connectivity index (χ0) is 15.0. The summed E-state index contributed by atoms with van der Waals surface area (Å²) in [6.07, 6.45) is 3.52. The van der Waals surface area contributed by atoms with Gasteiger partial charge in [0.25, 0.3) is 5.91 Å². The van der Waals surface area contributed by atoms with Crippen molar-refractivity contribution >= 4 is 15.7 Å². The van der Waals surface area contributed by atoms with E-state index in [4.69, 9.17) is 0 Å². The summed E-state index contributed by atoms with van der Waals surface area (Å²) in [6.45, 7) is 2.58. The number of carbonyl (C=O) groups excluding carboxylic acids is 1. The number of sulfone groups is 1. The summed E-state index contributed by atoms with van der Waals surface area (Å²) in [5.74, 6) is 0.546. The van der Waals surface area contributed by atoms with Crippen LogP contribution in [0.3, 0.4) is 0 Å². The number of rotatable bonds is 2. The van der Waals surface area contributed by atoms with Gasteiger partial charge in [-0.25, -0.2) is 8.42 Å². The molecule has 2 aliphatic heterocycles. The van der Waals surface area contributed by atoms with Crippen LogP contribution in [0, 0.1) is 5.92 Å². The monoisotopic (exact) mass is 308 g/mol. The molecule has 1 aromatic carbocycles. The molecule has 0 spiro atoms. The van der Waals surface area contributed by atoms with Crippen molar-refractivity contribution in [2.45, 2.75) is 23.8 Å². The number of nitrogens with one attached hydrogen (secondary N) is 1. The number of carbonyl (C=O) groups is 1. The highest BCUT2D eigenvalue weighted by Crippen LogP contribution is 2.26. The van der Waals surface area contributed by atoms with Crippen LogP contribution < -0.4 is 5.32 Å². The van der Waals surface area contributed by atoms with Gasteiger partial charge in [0, 0.05) is 31.0 Å². The molecular formula is C15H20N2O3S. The second kappa shape index (κ2) is 5.42. The molecule has 1 amide bonds. The highest BCUT2D eigenvalue weighted by Gasteiger charge is 2.36. The van der Waals surface area contributed by atoms with Crippen LogP contribution in [-0.2, 0) is 9.84 Å². The zero-order valence-electron chi connectivity index (χ0n) is 12.1. The first-order chi connectivity index (χ1) is 9.95. The number of likely N-dealkylation sites (tertiary alicyclic amines) is 1. The first kappa shape index (κ1) is 14.5. The number of hydrogen-bond acceptors (Lipinski definition) is 4. The van der Waals surface area contributed by atoms with E-state index >= 15 is 0 Å². The summed E-state index contributed by atoms with van der Waals surface area (Å²) in [5, 5.41) is 3.47. The van der Waals surface area contributed by atoms with Crippen molar-refractivity contribution in [2.24, 2.45) is 5.92 Å². The van der Waals surface area contributed by atoms with Gasteiger partial charge in [-0.1, -0.05) is 0 Å². The second-order valence-electron chi connectivity index (χ2n) is 5.97. The summed E-state index contributed by atoms with van der Waals surface area (Å²) in [5.41, 5.74) is 0.557. The molecule has 1 N–H and O–H groups in total. The molecule has 5 nitrogen and oxygen atoms in total. The predicted molar refractivity (Wildman–Crippen MR) is 80.0 cm³/mol. The molecule has 0 saturated carbocycles. The molecule has 3 rings (SSSR count). The Morgan fingerprint density at radius 1 is 1.24 bits per heavy atom. The number of piperidine rings is 1. The van der Waals surface area contributed by atoms with Crippen LogP contribution in [0.5, 0.6) is 0 Å². The van der Waals surface area contributed by atoms with Gasteiger partial charge in [0.1, 0.15) is 0 Å². The molecule has 1 aromatic rings. The highest BCUT2D eigenvalue weighted by atomic mass is 32.2. The summed E-state index contributed by atoms with van der Waals surface area (Å²) in [4.78, 5) is 14.6. The molecular weight excluding hydrogens is 288 g/mol. The first-order valence-electron chi connectivity index (χ1n) is 7.28. The normalized spacial score (nSPS) is 25.7. The van der Waals surface area contributed by atoms with E-state index in [1.807, 2.05) is 4.90 Å². The van der Waals surface area contributed by atoms with E-state index < -0.39 is 9.84 Å². The molecule has 0 aromatic heterocycles. The van der Waals surface area contributed by atoms with Gasteiger partial charge in [0.05, 0.1) is 4.90 Å². The van der Waals surface area contributed by atoms with Crippen LogP contribution in [0.25, 0.3) is 0 Å². The molecule has 6 heteroatoms. The minimum absolute atomic E-state index is 0.00810. The Hall–Kier alpha value is -1.40. The van der Waals surface area contributed by atoms with E-state index in [-0.39, 0.29) is 10.8 Å². The topological polar surface area (TPSA) is 66.5 Å². The fourth-order valence-corrected chi connectivity index (χ4v) is 3.87. The summed E-state index contributed by atoms with van der Waals surface area (Å²) in [6, 6.07) is 6.63. The summed E-state index contributed by atoms with van der Waals surface area (Å²) in [7, 11) is -3.22. The van der Waals surface area contributed by atoms with Gasteiger partial charge in [-0.05, 0) is 49.6 Å². The Balaban J connectivity index is 1.74. The van der Waals surface area contributed by atoms with Crippen molar-refractivity contribution in [3.05, 3.63) is 29.8 Å². The van der Waals surface area contributed by atoms with E-state index in [0.29, 0.717) is 17.5 Å². The molecule has 114 valence electrons. The van der Waals surface area contributed by atoms with E-state index in [2.05, 4.69) is 5.32 Å². The van der Waals surface area contributed by atoms with Crippen molar-refractivity contribution in [3.8, 4) is 0 Å². The molecule has 0 bridgehead atoms. The predicted octanol–water partition coefficient (Wildman–Crippen LogP) is 0.914. The van der Waals surface area contributed by atoms with Gasteiger partial charge in [-0.15, -0.1) is 0 Å². The van der Waals surface area contributed by atoms with E-state index in [1.54, 1.807) is 12.1 Å². The van der Waals surface area contributed by atoms with Crippen LogP contribution in [-0.4, -0.2) is 51.2 Å². The molecule has 0 radical (unpaired) electrons. The number of benzene rings is 1. The lowest BCUT2D eigenvalue weighted by Crippen LogP contribution is -2.41. The number of hydrogen-bond donors (Lipinski definition) is 1. The minimum Gasteiger partial charge on any atom is -0.337 e.